The van der Waals surface area contributed by atoms with E-state index in [1.807, 2.05) is 30.3 Å². The van der Waals surface area contributed by atoms with Crippen molar-refractivity contribution in [3.63, 3.8) is 0 Å². The molecule has 4 heteroatoms. The Hall–Kier alpha value is -2.20. The summed E-state index contributed by atoms with van der Waals surface area (Å²) in [5.41, 5.74) is 4.48. The van der Waals surface area contributed by atoms with E-state index in [1.165, 1.54) is 22.2 Å². The van der Waals surface area contributed by atoms with Gasteiger partial charge in [-0.25, -0.2) is 0 Å². The third-order valence-electron chi connectivity index (χ3n) is 4.58. The van der Waals surface area contributed by atoms with Crippen LogP contribution in [0.1, 0.15) is 28.0 Å². The number of benzene rings is 2. The molecule has 0 spiro atoms. The van der Waals surface area contributed by atoms with Crippen LogP contribution in [-0.2, 0) is 12.8 Å². The Bertz CT molecular complexity index is 884. The molecular weight excluding hydrogens is 304 g/mol. The summed E-state index contributed by atoms with van der Waals surface area (Å²) in [5.74, 6) is -0.0415. The molecule has 1 heterocycles. The number of thiol groups is 1. The molecule has 0 aliphatic heterocycles. The topological polar surface area (TPSA) is 44.9 Å². The van der Waals surface area contributed by atoms with Crippen LogP contribution in [0.4, 0.5) is 0 Å². The molecule has 23 heavy (non-hydrogen) atoms. The fourth-order valence-electron chi connectivity index (χ4n) is 3.43. The first-order valence-electron chi connectivity index (χ1n) is 7.89. The van der Waals surface area contributed by atoms with Gasteiger partial charge in [0.25, 0.3) is 5.91 Å². The van der Waals surface area contributed by atoms with E-state index in [9.17, 15) is 4.79 Å². The quantitative estimate of drug-likeness (QED) is 0.618. The predicted molar refractivity (Wildman–Crippen MR) is 95.3 cm³/mol. The molecule has 1 unspecified atom stereocenters. The van der Waals surface area contributed by atoms with Crippen LogP contribution in [0.25, 0.3) is 10.9 Å². The minimum atomic E-state index is -0.0415. The number of H-pyrrole nitrogens is 1. The molecule has 116 valence electrons. The molecule has 2 N–H and O–H groups in total. The SMILES string of the molecule is O=C(NC1CCc2c([nH]c3ccccc23)C1)c1ccccc1S. The number of nitrogens with one attached hydrogen (secondary N) is 2. The zero-order valence-electron chi connectivity index (χ0n) is 12.7. The lowest BCUT2D eigenvalue weighted by Gasteiger charge is -2.23. The zero-order valence-corrected chi connectivity index (χ0v) is 13.6. The van der Waals surface area contributed by atoms with E-state index in [0.29, 0.717) is 10.5 Å². The van der Waals surface area contributed by atoms with Gasteiger partial charge in [-0.1, -0.05) is 30.3 Å². The maximum atomic E-state index is 12.4. The highest BCUT2D eigenvalue weighted by Gasteiger charge is 2.24. The molecule has 4 rings (SSSR count). The summed E-state index contributed by atoms with van der Waals surface area (Å²) in [6.45, 7) is 0. The van der Waals surface area contributed by atoms with E-state index in [2.05, 4.69) is 41.1 Å². The number of aromatic amines is 1. The summed E-state index contributed by atoms with van der Waals surface area (Å²) in [6, 6.07) is 16.0. The number of para-hydroxylation sites is 1. The third kappa shape index (κ3) is 2.63. The Morgan fingerprint density at radius 3 is 2.78 bits per heavy atom. The third-order valence-corrected chi connectivity index (χ3v) is 4.97. The van der Waals surface area contributed by atoms with E-state index < -0.39 is 0 Å². The maximum Gasteiger partial charge on any atom is 0.252 e. The van der Waals surface area contributed by atoms with Crippen LogP contribution < -0.4 is 5.32 Å². The highest BCUT2D eigenvalue weighted by Crippen LogP contribution is 2.29. The number of rotatable bonds is 2. The van der Waals surface area contributed by atoms with Crippen molar-refractivity contribution in [2.75, 3.05) is 0 Å². The summed E-state index contributed by atoms with van der Waals surface area (Å²) in [6.07, 6.45) is 2.81. The molecule has 1 atom stereocenters. The molecule has 0 saturated carbocycles. The van der Waals surface area contributed by atoms with Crippen molar-refractivity contribution in [3.05, 3.63) is 65.4 Å². The largest absolute Gasteiger partial charge is 0.358 e. The molecule has 2 aromatic carbocycles. The number of fused-ring (bicyclic) bond motifs is 3. The highest BCUT2D eigenvalue weighted by molar-refractivity contribution is 7.80. The van der Waals surface area contributed by atoms with E-state index >= 15 is 0 Å². The minimum Gasteiger partial charge on any atom is -0.358 e. The Morgan fingerprint density at radius 1 is 1.13 bits per heavy atom. The fraction of sp³-hybridized carbons (Fsp3) is 0.211. The summed E-state index contributed by atoms with van der Waals surface area (Å²) < 4.78 is 0. The number of aromatic nitrogens is 1. The van der Waals surface area contributed by atoms with Gasteiger partial charge < -0.3 is 10.3 Å². The monoisotopic (exact) mass is 322 g/mol. The summed E-state index contributed by atoms with van der Waals surface area (Å²) in [4.78, 5) is 16.7. The van der Waals surface area contributed by atoms with Gasteiger partial charge in [0.05, 0.1) is 5.56 Å². The minimum absolute atomic E-state index is 0.0415. The van der Waals surface area contributed by atoms with E-state index in [4.69, 9.17) is 0 Å². The van der Waals surface area contributed by atoms with Gasteiger partial charge in [0, 0.05) is 34.0 Å². The van der Waals surface area contributed by atoms with Crippen molar-refractivity contribution in [3.8, 4) is 0 Å². The molecule has 1 aromatic heterocycles. The first-order chi connectivity index (χ1) is 11.2. The Morgan fingerprint density at radius 2 is 1.91 bits per heavy atom. The molecule has 1 aliphatic carbocycles. The average Bonchev–Trinajstić information content (AvgIpc) is 2.92. The van der Waals surface area contributed by atoms with Crippen LogP contribution in [-0.4, -0.2) is 16.9 Å². The molecule has 0 radical (unpaired) electrons. The second-order valence-electron chi connectivity index (χ2n) is 6.06. The number of hydrogen-bond acceptors (Lipinski definition) is 2. The van der Waals surface area contributed by atoms with E-state index in [-0.39, 0.29) is 11.9 Å². The number of carbonyl (C=O) groups is 1. The van der Waals surface area contributed by atoms with Gasteiger partial charge in [-0.15, -0.1) is 12.6 Å². The van der Waals surface area contributed by atoms with Crippen LogP contribution in [0.2, 0.25) is 0 Å². The van der Waals surface area contributed by atoms with Crippen molar-refractivity contribution in [1.29, 1.82) is 0 Å². The van der Waals surface area contributed by atoms with Gasteiger partial charge in [0.2, 0.25) is 0 Å². The van der Waals surface area contributed by atoms with Gasteiger partial charge in [-0.05, 0) is 36.6 Å². The van der Waals surface area contributed by atoms with Crippen molar-refractivity contribution >= 4 is 29.4 Å². The van der Waals surface area contributed by atoms with Crippen molar-refractivity contribution in [1.82, 2.24) is 10.3 Å². The zero-order chi connectivity index (χ0) is 15.8. The smallest absolute Gasteiger partial charge is 0.252 e. The van der Waals surface area contributed by atoms with Crippen LogP contribution in [0.15, 0.2) is 53.4 Å². The van der Waals surface area contributed by atoms with Gasteiger partial charge in [0.1, 0.15) is 0 Å². The summed E-state index contributed by atoms with van der Waals surface area (Å²) >= 11 is 4.37. The van der Waals surface area contributed by atoms with Crippen LogP contribution in [0.3, 0.4) is 0 Å². The molecular formula is C19H18N2OS. The second kappa shape index (κ2) is 5.78. The molecule has 3 aromatic rings. The first kappa shape index (κ1) is 14.4. The van der Waals surface area contributed by atoms with E-state index in [1.54, 1.807) is 0 Å². The standard InChI is InChI=1S/C19H18N2OS/c22-19(15-6-2-4-8-18(15)23)20-12-9-10-14-13-5-1-3-7-16(13)21-17(14)11-12/h1-8,12,21,23H,9-11H2,(H,20,22). The van der Waals surface area contributed by atoms with Gasteiger partial charge in [-0.3, -0.25) is 4.79 Å². The van der Waals surface area contributed by atoms with Crippen molar-refractivity contribution in [2.45, 2.75) is 30.2 Å². The number of amides is 1. The average molecular weight is 322 g/mol. The Labute approximate surface area is 140 Å². The van der Waals surface area contributed by atoms with Crippen LogP contribution in [0.5, 0.6) is 0 Å². The molecule has 0 fully saturated rings. The lowest BCUT2D eigenvalue weighted by atomic mass is 9.91. The lowest BCUT2D eigenvalue weighted by Crippen LogP contribution is -2.39. The normalized spacial score (nSPS) is 17.0. The summed E-state index contributed by atoms with van der Waals surface area (Å²) in [5, 5.41) is 4.47. The summed E-state index contributed by atoms with van der Waals surface area (Å²) in [7, 11) is 0. The van der Waals surface area contributed by atoms with Crippen molar-refractivity contribution in [2.24, 2.45) is 0 Å². The first-order valence-corrected chi connectivity index (χ1v) is 8.34. The highest BCUT2D eigenvalue weighted by atomic mass is 32.1. The van der Waals surface area contributed by atoms with Crippen molar-refractivity contribution < 1.29 is 4.79 Å². The fourth-order valence-corrected chi connectivity index (χ4v) is 3.70. The molecule has 1 aliphatic rings. The predicted octanol–water partition coefficient (Wildman–Crippen LogP) is 3.74. The second-order valence-corrected chi connectivity index (χ2v) is 6.54. The molecule has 1 amide bonds. The van der Waals surface area contributed by atoms with Gasteiger partial charge in [-0.2, -0.15) is 0 Å². The molecule has 3 nitrogen and oxygen atoms in total. The Balaban J connectivity index is 1.54. The van der Waals surface area contributed by atoms with Gasteiger partial charge in [0.15, 0.2) is 0 Å². The van der Waals surface area contributed by atoms with E-state index in [0.717, 1.165) is 19.3 Å². The van der Waals surface area contributed by atoms with Crippen LogP contribution >= 0.6 is 12.6 Å². The molecule has 0 bridgehead atoms. The number of carbonyl (C=O) groups excluding carboxylic acids is 1. The number of hydrogen-bond donors (Lipinski definition) is 3. The molecule has 0 saturated heterocycles. The van der Waals surface area contributed by atoms with Crippen LogP contribution in [0, 0.1) is 0 Å². The van der Waals surface area contributed by atoms with Gasteiger partial charge >= 0.3 is 0 Å². The number of aryl methyl sites for hydroxylation is 1. The Kier molecular flexibility index (Phi) is 3.62. The lowest BCUT2D eigenvalue weighted by molar-refractivity contribution is 0.0930. The maximum absolute atomic E-state index is 12.4.